The van der Waals surface area contributed by atoms with Crippen LogP contribution in [0.25, 0.3) is 0 Å². The van der Waals surface area contributed by atoms with Crippen molar-refractivity contribution in [3.05, 3.63) is 76.3 Å². The van der Waals surface area contributed by atoms with Gasteiger partial charge >= 0.3 is 0 Å². The molecule has 1 aromatic carbocycles. The number of para-hydroxylation sites is 1. The van der Waals surface area contributed by atoms with Crippen molar-refractivity contribution in [2.24, 2.45) is 0 Å². The summed E-state index contributed by atoms with van der Waals surface area (Å²) in [4.78, 5) is 22.3. The Morgan fingerprint density at radius 2 is 1.79 bits per heavy atom. The Hall–Kier alpha value is -1.52. The molecule has 0 radical (unpaired) electrons. The fraction of sp³-hybridized carbons (Fsp3) is 0.238. The van der Waals surface area contributed by atoms with Crippen LogP contribution < -0.4 is 0 Å². The van der Waals surface area contributed by atoms with Gasteiger partial charge in [-0.05, 0) is 24.0 Å². The zero-order valence-corrected chi connectivity index (χ0v) is 17.7. The minimum absolute atomic E-state index is 0.0337. The molecule has 0 aromatic heterocycles. The van der Waals surface area contributed by atoms with Crippen LogP contribution in [0.3, 0.4) is 0 Å². The first-order valence-electron chi connectivity index (χ1n) is 8.42. The van der Waals surface area contributed by atoms with Crippen LogP contribution in [0.1, 0.15) is 23.5 Å². The molecule has 1 aromatic rings. The number of hydrogen-bond acceptors (Lipinski definition) is 3. The Labute approximate surface area is 182 Å². The molecule has 2 aliphatic rings. The average Bonchev–Trinajstić information content (AvgIpc) is 2.68. The topological polar surface area (TPSA) is 54.4 Å². The van der Waals surface area contributed by atoms with E-state index < -0.39 is 37.3 Å². The number of carbonyl (C=O) groups is 2. The Balaban J connectivity index is 2.35. The summed E-state index contributed by atoms with van der Waals surface area (Å²) in [6, 6.07) is 5.08. The number of fused-ring (bicyclic) bond motifs is 1. The monoisotopic (exact) mass is 456 g/mol. The lowest BCUT2D eigenvalue weighted by molar-refractivity contribution is -0.127. The molecule has 0 amide bonds. The van der Waals surface area contributed by atoms with Crippen LogP contribution in [0.2, 0.25) is 0 Å². The maximum Gasteiger partial charge on any atom is 0.199 e. The minimum atomic E-state index is -1.98. The van der Waals surface area contributed by atoms with Crippen molar-refractivity contribution in [2.45, 2.75) is 28.5 Å². The predicted molar refractivity (Wildman–Crippen MR) is 114 cm³/mol. The molecule has 0 saturated carbocycles. The van der Waals surface area contributed by atoms with Gasteiger partial charge in [-0.15, -0.1) is 29.8 Å². The van der Waals surface area contributed by atoms with Gasteiger partial charge in [0.05, 0.1) is 0 Å². The van der Waals surface area contributed by atoms with Gasteiger partial charge in [0.2, 0.25) is 0 Å². The van der Waals surface area contributed by atoms with Crippen molar-refractivity contribution >= 4 is 58.0 Å². The van der Waals surface area contributed by atoms with Crippen molar-refractivity contribution < 1.29 is 14.7 Å². The zero-order chi connectivity index (χ0) is 20.9. The second kappa shape index (κ2) is 7.38. The van der Waals surface area contributed by atoms with Gasteiger partial charge in [-0.25, -0.2) is 0 Å². The van der Waals surface area contributed by atoms with E-state index in [2.05, 4.69) is 13.2 Å². The van der Waals surface area contributed by atoms with Crippen molar-refractivity contribution in [3.63, 3.8) is 0 Å². The number of hydrogen-bond donors (Lipinski definition) is 1. The Kier molecular flexibility index (Phi) is 5.59. The Morgan fingerprint density at radius 1 is 1.14 bits per heavy atom. The van der Waals surface area contributed by atoms with E-state index >= 15 is 0 Å². The lowest BCUT2D eigenvalue weighted by atomic mass is 9.62. The summed E-state index contributed by atoms with van der Waals surface area (Å²) in [6.07, 6.45) is 5.21. The number of Topliss-reactive ketones (excluding diaryl/α,β-unsaturated/α-hetero) is 2. The molecular weight excluding hydrogens is 442 g/mol. The molecule has 0 saturated heterocycles. The number of halogens is 4. The van der Waals surface area contributed by atoms with Gasteiger partial charge in [-0.2, -0.15) is 0 Å². The van der Waals surface area contributed by atoms with Crippen LogP contribution in [0.5, 0.6) is 5.75 Å². The maximum absolute atomic E-state index is 13.2. The summed E-state index contributed by atoms with van der Waals surface area (Å²) in [5, 5.41) is 9.97. The number of aromatic hydroxyl groups is 1. The first-order valence-corrected chi connectivity index (χ1v) is 9.93. The summed E-state index contributed by atoms with van der Waals surface area (Å²) in [5.41, 5.74) is 1.49. The molecule has 28 heavy (non-hydrogen) atoms. The summed E-state index contributed by atoms with van der Waals surface area (Å²) < 4.78 is 0. The largest absolute Gasteiger partial charge is 0.507 e. The molecule has 0 aliphatic heterocycles. The zero-order valence-electron chi connectivity index (χ0n) is 14.6. The molecule has 3 nitrogen and oxygen atoms in total. The van der Waals surface area contributed by atoms with Gasteiger partial charge < -0.3 is 5.11 Å². The molecular formula is C21H16Cl4O3. The Bertz CT molecular complexity index is 978. The van der Waals surface area contributed by atoms with Gasteiger partial charge in [-0.3, -0.25) is 9.59 Å². The average molecular weight is 458 g/mol. The molecule has 0 fully saturated rings. The van der Waals surface area contributed by atoms with Gasteiger partial charge in [0.25, 0.3) is 0 Å². The summed E-state index contributed by atoms with van der Waals surface area (Å²) in [6.45, 7) is 7.46. The van der Waals surface area contributed by atoms with Crippen molar-refractivity contribution in [1.29, 1.82) is 0 Å². The van der Waals surface area contributed by atoms with E-state index in [1.165, 1.54) is 6.08 Å². The van der Waals surface area contributed by atoms with Gasteiger partial charge in [-0.1, -0.05) is 66.2 Å². The van der Waals surface area contributed by atoms with Crippen LogP contribution >= 0.6 is 46.4 Å². The summed E-state index contributed by atoms with van der Waals surface area (Å²) in [5.74, 6) is -2.50. The third kappa shape index (κ3) is 2.72. The van der Waals surface area contributed by atoms with Crippen molar-refractivity contribution in [3.8, 4) is 5.75 Å². The number of rotatable bonds is 4. The molecule has 0 bridgehead atoms. The second-order valence-electron chi connectivity index (χ2n) is 6.69. The quantitative estimate of drug-likeness (QED) is 0.478. The summed E-state index contributed by atoms with van der Waals surface area (Å²) in [7, 11) is 0. The number of benzene rings is 1. The highest BCUT2D eigenvalue weighted by Crippen LogP contribution is 2.60. The van der Waals surface area contributed by atoms with Crippen LogP contribution in [0, 0.1) is 0 Å². The highest BCUT2D eigenvalue weighted by molar-refractivity contribution is 6.66. The normalized spacial score (nSPS) is 30.0. The predicted octanol–water partition coefficient (Wildman–Crippen LogP) is 5.52. The fourth-order valence-corrected chi connectivity index (χ4v) is 5.29. The second-order valence-corrected chi connectivity index (χ2v) is 8.69. The highest BCUT2D eigenvalue weighted by Gasteiger charge is 2.68. The van der Waals surface area contributed by atoms with Crippen LogP contribution in [-0.4, -0.2) is 26.4 Å². The number of ketones is 2. The van der Waals surface area contributed by atoms with E-state index in [9.17, 15) is 14.7 Å². The van der Waals surface area contributed by atoms with E-state index in [1.807, 2.05) is 0 Å². The van der Waals surface area contributed by atoms with E-state index in [0.29, 0.717) is 23.1 Å². The van der Waals surface area contributed by atoms with E-state index in [-0.39, 0.29) is 12.2 Å². The standard InChI is InChI=1S/C21H16Cl4O3/c1-3-6-12-7-5-8-13(17(12)26)14-11(4-2)9-10-20(24)18(27)15(22)16(23)19(28)21(14,20)25/h3-5,7-9,14,26H,1-2,6,10H2/t14-,20-,21+/m1/s1. The molecule has 0 unspecified atom stereocenters. The number of alkyl halides is 2. The number of phenols is 1. The van der Waals surface area contributed by atoms with E-state index in [1.54, 1.807) is 30.4 Å². The highest BCUT2D eigenvalue weighted by atomic mass is 35.5. The maximum atomic E-state index is 13.2. The molecule has 3 rings (SSSR count). The molecule has 2 aliphatic carbocycles. The number of allylic oxidation sites excluding steroid dienone is 6. The third-order valence-corrected chi connectivity index (χ3v) is 7.52. The lowest BCUT2D eigenvalue weighted by Crippen LogP contribution is -2.64. The first-order chi connectivity index (χ1) is 13.1. The molecule has 3 atom stereocenters. The summed E-state index contributed by atoms with van der Waals surface area (Å²) >= 11 is 25.6. The third-order valence-electron chi connectivity index (χ3n) is 5.27. The SMILES string of the molecule is C=CCc1cccc([C@H]2C(C=C)=CC[C@@]3(Cl)C(=O)C(Cl)=C(Cl)C(=O)[C@@]23Cl)c1O. The molecule has 1 N–H and O–H groups in total. The smallest absolute Gasteiger partial charge is 0.199 e. The van der Waals surface area contributed by atoms with E-state index in [4.69, 9.17) is 46.4 Å². The molecule has 146 valence electrons. The van der Waals surface area contributed by atoms with Crippen LogP contribution in [-0.2, 0) is 16.0 Å². The number of carbonyl (C=O) groups excluding carboxylic acids is 2. The van der Waals surface area contributed by atoms with Crippen LogP contribution in [0.15, 0.2) is 65.2 Å². The fourth-order valence-electron chi connectivity index (χ4n) is 3.84. The molecule has 7 heteroatoms. The van der Waals surface area contributed by atoms with Gasteiger partial charge in [0, 0.05) is 11.5 Å². The van der Waals surface area contributed by atoms with Gasteiger partial charge in [0.15, 0.2) is 11.6 Å². The Morgan fingerprint density at radius 3 is 2.39 bits per heavy atom. The minimum Gasteiger partial charge on any atom is -0.507 e. The van der Waals surface area contributed by atoms with Crippen molar-refractivity contribution in [1.82, 2.24) is 0 Å². The van der Waals surface area contributed by atoms with Crippen LogP contribution in [0.4, 0.5) is 0 Å². The van der Waals surface area contributed by atoms with Gasteiger partial charge in [0.1, 0.15) is 25.6 Å². The first kappa shape index (κ1) is 21.2. The molecule has 0 spiro atoms. The lowest BCUT2D eigenvalue weighted by Gasteiger charge is -2.50. The number of phenolic OH excluding ortho intramolecular Hbond substituents is 1. The van der Waals surface area contributed by atoms with E-state index in [0.717, 1.165) is 0 Å². The molecule has 0 heterocycles. The van der Waals surface area contributed by atoms with Crippen molar-refractivity contribution in [2.75, 3.05) is 0 Å².